The summed E-state index contributed by atoms with van der Waals surface area (Å²) in [4.78, 5) is 11.8. The zero-order valence-corrected chi connectivity index (χ0v) is 13.1. The molecule has 0 spiro atoms. The molecule has 1 fully saturated rings. The minimum absolute atomic E-state index is 0.0274. The molecule has 0 aliphatic heterocycles. The van der Waals surface area contributed by atoms with E-state index < -0.39 is 10.0 Å². The first kappa shape index (κ1) is 16.2. The Kier molecular flexibility index (Phi) is 4.57. The van der Waals surface area contributed by atoms with Crippen molar-refractivity contribution in [2.75, 3.05) is 12.4 Å². The number of nitrogens with two attached hydrogens (primary N) is 1. The summed E-state index contributed by atoms with van der Waals surface area (Å²) in [5.74, 6) is -0.198. The molecule has 3 N–H and O–H groups in total. The monoisotopic (exact) mass is 332 g/mol. The Morgan fingerprint density at radius 1 is 1.48 bits per heavy atom. The molecular formula is C13H17ClN2O4S. The highest BCUT2D eigenvalue weighted by Crippen LogP contribution is 2.38. The summed E-state index contributed by atoms with van der Waals surface area (Å²) >= 11 is 5.86. The van der Waals surface area contributed by atoms with Crippen molar-refractivity contribution >= 4 is 33.2 Å². The lowest BCUT2D eigenvalue weighted by atomic mass is 9.77. The molecule has 6 nitrogen and oxygen atoms in total. The first-order valence-corrected chi connectivity index (χ1v) is 8.36. The van der Waals surface area contributed by atoms with Crippen LogP contribution >= 0.6 is 11.6 Å². The first-order valence-electron chi connectivity index (χ1n) is 6.43. The van der Waals surface area contributed by atoms with Crippen LogP contribution in [0.15, 0.2) is 23.1 Å². The van der Waals surface area contributed by atoms with Crippen molar-refractivity contribution in [2.45, 2.75) is 36.2 Å². The normalized spacial score (nSPS) is 17.1. The van der Waals surface area contributed by atoms with Crippen LogP contribution in [0.4, 0.5) is 5.69 Å². The Morgan fingerprint density at radius 3 is 2.57 bits per heavy atom. The standard InChI is InChI=1S/C13H17ClN2O4S/c1-20-13(5-2-6-13)8-12(17)16-9-3-4-11(10(14)7-9)21(15,18)19/h3-4,7H,2,5-6,8H2,1H3,(H,16,17)(H2,15,18,19). The lowest BCUT2D eigenvalue weighted by Crippen LogP contribution is -2.42. The molecule has 116 valence electrons. The summed E-state index contributed by atoms with van der Waals surface area (Å²) in [6.45, 7) is 0. The number of nitrogens with one attached hydrogen (secondary N) is 1. The largest absolute Gasteiger partial charge is 0.378 e. The fourth-order valence-corrected chi connectivity index (χ4v) is 3.42. The second-order valence-corrected chi connectivity index (χ2v) is 7.09. The third kappa shape index (κ3) is 3.74. The molecule has 21 heavy (non-hydrogen) atoms. The average molecular weight is 333 g/mol. The number of anilines is 1. The van der Waals surface area contributed by atoms with Crippen molar-refractivity contribution < 1.29 is 17.9 Å². The molecule has 1 amide bonds. The van der Waals surface area contributed by atoms with Crippen molar-refractivity contribution in [3.05, 3.63) is 23.2 Å². The Hall–Kier alpha value is -1.15. The molecule has 2 rings (SSSR count). The topological polar surface area (TPSA) is 98.5 Å². The number of sulfonamides is 1. The highest BCUT2D eigenvalue weighted by molar-refractivity contribution is 7.89. The number of ether oxygens (including phenoxy) is 1. The second-order valence-electron chi connectivity index (χ2n) is 5.16. The smallest absolute Gasteiger partial charge is 0.239 e. The summed E-state index contributed by atoms with van der Waals surface area (Å²) < 4.78 is 27.9. The van der Waals surface area contributed by atoms with Crippen LogP contribution in [0.3, 0.4) is 0 Å². The molecule has 0 bridgehead atoms. The van der Waals surface area contributed by atoms with Gasteiger partial charge in [-0.3, -0.25) is 4.79 Å². The quantitative estimate of drug-likeness (QED) is 0.860. The van der Waals surface area contributed by atoms with Gasteiger partial charge in [-0.1, -0.05) is 11.6 Å². The van der Waals surface area contributed by atoms with Crippen LogP contribution in [0.2, 0.25) is 5.02 Å². The van der Waals surface area contributed by atoms with Crippen LogP contribution < -0.4 is 10.5 Å². The van der Waals surface area contributed by atoms with Gasteiger partial charge in [-0.2, -0.15) is 0 Å². The van der Waals surface area contributed by atoms with E-state index in [0.29, 0.717) is 5.69 Å². The Morgan fingerprint density at radius 2 is 2.14 bits per heavy atom. The molecule has 1 saturated carbocycles. The predicted molar refractivity (Wildman–Crippen MR) is 79.7 cm³/mol. The van der Waals surface area contributed by atoms with Gasteiger partial charge >= 0.3 is 0 Å². The van der Waals surface area contributed by atoms with Gasteiger partial charge in [0, 0.05) is 12.8 Å². The summed E-state index contributed by atoms with van der Waals surface area (Å²) in [5.41, 5.74) is 0.0528. The summed E-state index contributed by atoms with van der Waals surface area (Å²) in [5, 5.41) is 7.67. The molecule has 0 atom stereocenters. The van der Waals surface area contributed by atoms with E-state index in [9.17, 15) is 13.2 Å². The molecular weight excluding hydrogens is 316 g/mol. The number of amides is 1. The number of carbonyl (C=O) groups is 1. The lowest BCUT2D eigenvalue weighted by Gasteiger charge is -2.39. The molecule has 1 aromatic carbocycles. The maximum atomic E-state index is 12.0. The van der Waals surface area contributed by atoms with Gasteiger partial charge < -0.3 is 10.1 Å². The summed E-state index contributed by atoms with van der Waals surface area (Å²) in [6.07, 6.45) is 3.04. The van der Waals surface area contributed by atoms with Gasteiger partial charge in [0.15, 0.2) is 0 Å². The van der Waals surface area contributed by atoms with E-state index in [4.69, 9.17) is 21.5 Å². The lowest BCUT2D eigenvalue weighted by molar-refractivity contribution is -0.129. The third-order valence-corrected chi connectivity index (χ3v) is 5.10. The van der Waals surface area contributed by atoms with E-state index in [0.717, 1.165) is 19.3 Å². The van der Waals surface area contributed by atoms with E-state index in [1.54, 1.807) is 7.11 Å². The van der Waals surface area contributed by atoms with Gasteiger partial charge in [0.2, 0.25) is 15.9 Å². The van der Waals surface area contributed by atoms with Gasteiger partial charge in [0.05, 0.1) is 17.0 Å². The van der Waals surface area contributed by atoms with E-state index in [1.807, 2.05) is 0 Å². The summed E-state index contributed by atoms with van der Waals surface area (Å²) in [6, 6.07) is 4.08. The third-order valence-electron chi connectivity index (χ3n) is 3.70. The maximum Gasteiger partial charge on any atom is 0.239 e. The van der Waals surface area contributed by atoms with Gasteiger partial charge in [-0.25, -0.2) is 13.6 Å². The van der Waals surface area contributed by atoms with Crippen molar-refractivity contribution in [2.24, 2.45) is 5.14 Å². The molecule has 0 heterocycles. The highest BCUT2D eigenvalue weighted by Gasteiger charge is 2.39. The molecule has 0 saturated heterocycles. The van der Waals surface area contributed by atoms with E-state index in [2.05, 4.69) is 5.32 Å². The summed E-state index contributed by atoms with van der Waals surface area (Å²) in [7, 11) is -2.27. The minimum Gasteiger partial charge on any atom is -0.378 e. The highest BCUT2D eigenvalue weighted by atomic mass is 35.5. The van der Waals surface area contributed by atoms with Crippen molar-refractivity contribution in [1.82, 2.24) is 0 Å². The molecule has 1 aliphatic carbocycles. The van der Waals surface area contributed by atoms with Gasteiger partial charge in [-0.05, 0) is 37.5 Å². The SMILES string of the molecule is COC1(CC(=O)Nc2ccc(S(N)(=O)=O)c(Cl)c2)CCC1. The van der Waals surface area contributed by atoms with Crippen molar-refractivity contribution in [3.8, 4) is 0 Å². The van der Waals surface area contributed by atoms with Crippen molar-refractivity contribution in [1.29, 1.82) is 0 Å². The van der Waals surface area contributed by atoms with Crippen LogP contribution in [0.25, 0.3) is 0 Å². The molecule has 0 unspecified atom stereocenters. The van der Waals surface area contributed by atoms with E-state index in [1.165, 1.54) is 18.2 Å². The fraction of sp³-hybridized carbons (Fsp3) is 0.462. The average Bonchev–Trinajstić information content (AvgIpc) is 2.32. The molecule has 8 heteroatoms. The van der Waals surface area contributed by atoms with Gasteiger partial charge in [-0.15, -0.1) is 0 Å². The molecule has 0 aromatic heterocycles. The van der Waals surface area contributed by atoms with Gasteiger partial charge in [0.1, 0.15) is 4.90 Å². The Balaban J connectivity index is 2.07. The molecule has 1 aliphatic rings. The Labute approximate surface area is 128 Å². The number of benzene rings is 1. The fourth-order valence-electron chi connectivity index (χ4n) is 2.33. The molecule has 1 aromatic rings. The van der Waals surface area contributed by atoms with Crippen LogP contribution in [0, 0.1) is 0 Å². The zero-order chi connectivity index (χ0) is 15.7. The second kappa shape index (κ2) is 5.92. The number of rotatable bonds is 5. The predicted octanol–water partition coefficient (Wildman–Crippen LogP) is 1.89. The number of hydrogen-bond acceptors (Lipinski definition) is 4. The number of halogens is 1. The van der Waals surface area contributed by atoms with Gasteiger partial charge in [0.25, 0.3) is 0 Å². The molecule has 0 radical (unpaired) electrons. The van der Waals surface area contributed by atoms with E-state index >= 15 is 0 Å². The van der Waals surface area contributed by atoms with Crippen LogP contribution in [-0.4, -0.2) is 27.0 Å². The first-order chi connectivity index (χ1) is 9.76. The van der Waals surface area contributed by atoms with Crippen LogP contribution in [0.5, 0.6) is 0 Å². The number of methoxy groups -OCH3 is 1. The van der Waals surface area contributed by atoms with E-state index in [-0.39, 0.29) is 27.8 Å². The van der Waals surface area contributed by atoms with Crippen LogP contribution in [0.1, 0.15) is 25.7 Å². The minimum atomic E-state index is -3.87. The maximum absolute atomic E-state index is 12.0. The number of primary sulfonamides is 1. The Bertz CT molecular complexity index is 651. The van der Waals surface area contributed by atoms with Crippen LogP contribution in [-0.2, 0) is 19.6 Å². The van der Waals surface area contributed by atoms with Crippen molar-refractivity contribution in [3.63, 3.8) is 0 Å². The number of hydrogen-bond donors (Lipinski definition) is 2. The number of carbonyl (C=O) groups excluding carboxylic acids is 1. The zero-order valence-electron chi connectivity index (χ0n) is 11.6.